The van der Waals surface area contributed by atoms with Crippen molar-refractivity contribution in [1.29, 1.82) is 0 Å². The maximum atomic E-state index is 13.2. The molecule has 0 bridgehead atoms. The fourth-order valence-corrected chi connectivity index (χ4v) is 3.24. The van der Waals surface area contributed by atoms with Crippen molar-refractivity contribution in [1.82, 2.24) is 19.1 Å². The standard InChI is InChI=1S/C18H15F3N4O/c1-24-15-12(6-3-7-14(15)26-2)23-17(24)13-9-11-5-4-8-22-16(11)25(13)10-18(19,20)21/h3-9H,10H2,1-2H3. The molecular formula is C18H15F3N4O. The zero-order valence-corrected chi connectivity index (χ0v) is 14.1. The molecule has 0 unspecified atom stereocenters. The normalized spacial score (nSPS) is 12.2. The SMILES string of the molecule is COc1cccc2nc(-c3cc4cccnc4n3CC(F)(F)F)n(C)c12. The van der Waals surface area contributed by atoms with Gasteiger partial charge in [-0.05, 0) is 30.3 Å². The molecule has 26 heavy (non-hydrogen) atoms. The summed E-state index contributed by atoms with van der Waals surface area (Å²) in [4.78, 5) is 8.67. The second kappa shape index (κ2) is 5.76. The molecule has 0 aliphatic rings. The summed E-state index contributed by atoms with van der Waals surface area (Å²) in [6, 6.07) is 10.5. The smallest absolute Gasteiger partial charge is 0.406 e. The first-order chi connectivity index (χ1) is 12.4. The van der Waals surface area contributed by atoms with Crippen LogP contribution in [-0.4, -0.2) is 32.4 Å². The molecule has 0 aliphatic carbocycles. The summed E-state index contributed by atoms with van der Waals surface area (Å²) in [7, 11) is 3.31. The molecule has 0 saturated heterocycles. The zero-order valence-electron chi connectivity index (χ0n) is 14.1. The van der Waals surface area contributed by atoms with Gasteiger partial charge in [-0.15, -0.1) is 0 Å². The summed E-state index contributed by atoms with van der Waals surface area (Å²) < 4.78 is 47.8. The van der Waals surface area contributed by atoms with Crippen molar-refractivity contribution >= 4 is 22.1 Å². The number of methoxy groups -OCH3 is 1. The van der Waals surface area contributed by atoms with E-state index in [1.54, 1.807) is 55.1 Å². The molecule has 0 spiro atoms. The third kappa shape index (κ3) is 2.58. The fourth-order valence-electron chi connectivity index (χ4n) is 3.24. The number of aromatic nitrogens is 4. The van der Waals surface area contributed by atoms with E-state index in [0.29, 0.717) is 28.2 Å². The number of alkyl halides is 3. The lowest BCUT2D eigenvalue weighted by atomic mass is 10.3. The number of hydrogen-bond acceptors (Lipinski definition) is 3. The summed E-state index contributed by atoms with van der Waals surface area (Å²) in [5, 5.41) is 0.630. The van der Waals surface area contributed by atoms with E-state index in [9.17, 15) is 13.2 Å². The number of rotatable bonds is 3. The number of imidazole rings is 1. The van der Waals surface area contributed by atoms with Crippen LogP contribution in [0.3, 0.4) is 0 Å². The lowest BCUT2D eigenvalue weighted by Crippen LogP contribution is -2.19. The van der Waals surface area contributed by atoms with Gasteiger partial charge in [0, 0.05) is 18.6 Å². The van der Waals surface area contributed by atoms with Gasteiger partial charge in [0.15, 0.2) is 5.82 Å². The Kier molecular flexibility index (Phi) is 3.64. The Morgan fingerprint density at radius 3 is 2.69 bits per heavy atom. The highest BCUT2D eigenvalue weighted by molar-refractivity contribution is 5.88. The molecule has 0 saturated carbocycles. The van der Waals surface area contributed by atoms with E-state index in [1.807, 2.05) is 0 Å². The number of aryl methyl sites for hydroxylation is 1. The summed E-state index contributed by atoms with van der Waals surface area (Å²) >= 11 is 0. The van der Waals surface area contributed by atoms with Crippen LogP contribution in [0.2, 0.25) is 0 Å². The summed E-state index contributed by atoms with van der Waals surface area (Å²) in [5.74, 6) is 1.03. The molecule has 8 heteroatoms. The van der Waals surface area contributed by atoms with Crippen molar-refractivity contribution in [2.24, 2.45) is 7.05 Å². The first-order valence-corrected chi connectivity index (χ1v) is 7.90. The summed E-state index contributed by atoms with van der Waals surface area (Å²) in [5.41, 5.74) is 2.01. The van der Waals surface area contributed by atoms with Crippen LogP contribution in [-0.2, 0) is 13.6 Å². The Bertz CT molecular complexity index is 1110. The molecular weight excluding hydrogens is 345 g/mol. The molecule has 3 heterocycles. The van der Waals surface area contributed by atoms with E-state index in [0.717, 1.165) is 10.1 Å². The number of halogens is 3. The number of hydrogen-bond donors (Lipinski definition) is 0. The minimum atomic E-state index is -4.37. The van der Waals surface area contributed by atoms with Gasteiger partial charge in [-0.3, -0.25) is 0 Å². The van der Waals surface area contributed by atoms with Crippen molar-refractivity contribution in [2.45, 2.75) is 12.7 Å². The molecule has 3 aromatic heterocycles. The van der Waals surface area contributed by atoms with E-state index in [1.165, 1.54) is 6.20 Å². The number of ether oxygens (including phenoxy) is 1. The Morgan fingerprint density at radius 1 is 1.15 bits per heavy atom. The molecule has 4 aromatic rings. The first kappa shape index (κ1) is 16.4. The van der Waals surface area contributed by atoms with Gasteiger partial charge < -0.3 is 13.9 Å². The summed E-state index contributed by atoms with van der Waals surface area (Å²) in [6.07, 6.45) is -2.89. The molecule has 134 valence electrons. The third-order valence-electron chi connectivity index (χ3n) is 4.30. The van der Waals surface area contributed by atoms with E-state index < -0.39 is 12.7 Å². The highest BCUT2D eigenvalue weighted by Crippen LogP contribution is 2.34. The van der Waals surface area contributed by atoms with Crippen LogP contribution in [0.1, 0.15) is 0 Å². The van der Waals surface area contributed by atoms with Crippen LogP contribution in [0, 0.1) is 0 Å². The maximum Gasteiger partial charge on any atom is 0.406 e. The van der Waals surface area contributed by atoms with Gasteiger partial charge in [-0.2, -0.15) is 13.2 Å². The van der Waals surface area contributed by atoms with Crippen molar-refractivity contribution in [2.75, 3.05) is 7.11 Å². The molecule has 0 amide bonds. The number of para-hydroxylation sites is 1. The lowest BCUT2D eigenvalue weighted by molar-refractivity contribution is -0.139. The predicted octanol–water partition coefficient (Wildman–Crippen LogP) is 4.16. The van der Waals surface area contributed by atoms with Crippen molar-refractivity contribution in [3.05, 3.63) is 42.6 Å². The van der Waals surface area contributed by atoms with Crippen molar-refractivity contribution in [3.63, 3.8) is 0 Å². The molecule has 4 rings (SSSR count). The summed E-state index contributed by atoms with van der Waals surface area (Å²) in [6.45, 7) is -1.14. The first-order valence-electron chi connectivity index (χ1n) is 7.90. The van der Waals surface area contributed by atoms with Gasteiger partial charge in [0.05, 0.1) is 18.3 Å². The Labute approximate surface area is 146 Å². The van der Waals surface area contributed by atoms with E-state index in [2.05, 4.69) is 9.97 Å². The molecule has 0 N–H and O–H groups in total. The average Bonchev–Trinajstić information content (AvgIpc) is 3.12. The fraction of sp³-hybridized carbons (Fsp3) is 0.222. The highest BCUT2D eigenvalue weighted by Gasteiger charge is 2.31. The quantitative estimate of drug-likeness (QED) is 0.551. The maximum absolute atomic E-state index is 13.2. The van der Waals surface area contributed by atoms with Crippen molar-refractivity contribution in [3.8, 4) is 17.3 Å². The van der Waals surface area contributed by atoms with E-state index >= 15 is 0 Å². The average molecular weight is 360 g/mol. The Balaban J connectivity index is 2.02. The molecule has 0 atom stereocenters. The monoisotopic (exact) mass is 360 g/mol. The van der Waals surface area contributed by atoms with Gasteiger partial charge in [0.1, 0.15) is 23.5 Å². The molecule has 5 nitrogen and oxygen atoms in total. The third-order valence-corrected chi connectivity index (χ3v) is 4.30. The van der Waals surface area contributed by atoms with Crippen LogP contribution in [0.4, 0.5) is 13.2 Å². The lowest BCUT2D eigenvalue weighted by Gasteiger charge is -2.13. The minimum absolute atomic E-state index is 0.277. The molecule has 1 aromatic carbocycles. The highest BCUT2D eigenvalue weighted by atomic mass is 19.4. The molecule has 0 radical (unpaired) electrons. The van der Waals surface area contributed by atoms with Crippen LogP contribution in [0.25, 0.3) is 33.6 Å². The van der Waals surface area contributed by atoms with Crippen molar-refractivity contribution < 1.29 is 17.9 Å². The van der Waals surface area contributed by atoms with Gasteiger partial charge in [-0.1, -0.05) is 6.07 Å². The topological polar surface area (TPSA) is 44.9 Å². The zero-order chi connectivity index (χ0) is 18.5. The van der Waals surface area contributed by atoms with Gasteiger partial charge in [0.2, 0.25) is 0 Å². The Morgan fingerprint density at radius 2 is 1.96 bits per heavy atom. The second-order valence-corrected chi connectivity index (χ2v) is 5.97. The minimum Gasteiger partial charge on any atom is -0.494 e. The van der Waals surface area contributed by atoms with Gasteiger partial charge >= 0.3 is 6.18 Å². The number of benzene rings is 1. The number of nitrogens with zero attached hydrogens (tertiary/aromatic N) is 4. The van der Waals surface area contributed by atoms with E-state index in [-0.39, 0.29) is 5.65 Å². The van der Waals surface area contributed by atoms with Crippen LogP contribution in [0.5, 0.6) is 5.75 Å². The van der Waals surface area contributed by atoms with Gasteiger partial charge in [0.25, 0.3) is 0 Å². The van der Waals surface area contributed by atoms with Crippen LogP contribution >= 0.6 is 0 Å². The van der Waals surface area contributed by atoms with Gasteiger partial charge in [-0.25, -0.2) is 9.97 Å². The Hall–Kier alpha value is -3.03. The second-order valence-electron chi connectivity index (χ2n) is 5.97. The van der Waals surface area contributed by atoms with Crippen LogP contribution in [0.15, 0.2) is 42.6 Å². The molecule has 0 fully saturated rings. The molecule has 0 aliphatic heterocycles. The van der Waals surface area contributed by atoms with E-state index in [4.69, 9.17) is 4.74 Å². The number of fused-ring (bicyclic) bond motifs is 2. The predicted molar refractivity (Wildman–Crippen MR) is 92.0 cm³/mol. The largest absolute Gasteiger partial charge is 0.494 e. The van der Waals surface area contributed by atoms with Crippen LogP contribution < -0.4 is 4.74 Å². The number of pyridine rings is 1.